The van der Waals surface area contributed by atoms with Crippen LogP contribution in [-0.4, -0.2) is 12.1 Å². The smallest absolute Gasteiger partial charge is 0.0495 e. The summed E-state index contributed by atoms with van der Waals surface area (Å²) in [5, 5.41) is 3.77. The monoisotopic (exact) mass is 352 g/mol. The van der Waals surface area contributed by atoms with Gasteiger partial charge in [0.15, 0.2) is 0 Å². The molecule has 0 bridgehead atoms. The zero-order chi connectivity index (χ0) is 15.5. The van der Waals surface area contributed by atoms with Gasteiger partial charge in [0.1, 0.15) is 0 Å². The van der Waals surface area contributed by atoms with Crippen molar-refractivity contribution in [2.45, 2.75) is 64.8 Å². The first-order chi connectivity index (χ1) is 9.99. The highest BCUT2D eigenvalue weighted by Crippen LogP contribution is 2.37. The molecule has 0 aliphatic heterocycles. The Kier molecular flexibility index (Phi) is 5.73. The Bertz CT molecular complexity index is 453. The molecule has 0 saturated heterocycles. The van der Waals surface area contributed by atoms with Crippen LogP contribution in [0.15, 0.2) is 16.6 Å². The third-order valence-electron chi connectivity index (χ3n) is 5.00. The van der Waals surface area contributed by atoms with Crippen molar-refractivity contribution < 1.29 is 0 Å². The van der Waals surface area contributed by atoms with E-state index in [1.807, 2.05) is 0 Å². The summed E-state index contributed by atoms with van der Waals surface area (Å²) in [4.78, 5) is 0. The number of nitrogens with one attached hydrogen (secondary N) is 1. The Labute approximate surface area is 138 Å². The summed E-state index contributed by atoms with van der Waals surface area (Å²) in [7, 11) is 0. The Morgan fingerprint density at radius 1 is 1.24 bits per heavy atom. The van der Waals surface area contributed by atoms with Crippen LogP contribution >= 0.6 is 15.9 Å². The van der Waals surface area contributed by atoms with Gasteiger partial charge in [-0.25, -0.2) is 0 Å². The van der Waals surface area contributed by atoms with E-state index in [2.05, 4.69) is 54.2 Å². The second-order valence-corrected chi connectivity index (χ2v) is 7.56. The van der Waals surface area contributed by atoms with E-state index in [4.69, 9.17) is 5.73 Å². The van der Waals surface area contributed by atoms with Gasteiger partial charge >= 0.3 is 0 Å². The second kappa shape index (κ2) is 7.15. The molecule has 2 nitrogen and oxygen atoms in total. The lowest BCUT2D eigenvalue weighted by Crippen LogP contribution is -2.48. The molecule has 0 aromatic heterocycles. The zero-order valence-corrected chi connectivity index (χ0v) is 15.2. The maximum absolute atomic E-state index is 6.14. The van der Waals surface area contributed by atoms with Crippen LogP contribution in [0.2, 0.25) is 0 Å². The predicted octanol–water partition coefficient (Wildman–Crippen LogP) is 5.17. The van der Waals surface area contributed by atoms with Gasteiger partial charge in [-0.3, -0.25) is 0 Å². The summed E-state index contributed by atoms with van der Waals surface area (Å²) in [6, 6.07) is 4.46. The molecule has 3 heteroatoms. The van der Waals surface area contributed by atoms with Crippen LogP contribution in [0.3, 0.4) is 0 Å². The highest BCUT2D eigenvalue weighted by atomic mass is 79.9. The van der Waals surface area contributed by atoms with Crippen molar-refractivity contribution in [1.29, 1.82) is 0 Å². The molecular formula is C18H29BrN2. The Morgan fingerprint density at radius 3 is 2.29 bits per heavy atom. The van der Waals surface area contributed by atoms with Crippen LogP contribution in [0.5, 0.6) is 0 Å². The SMILES string of the molecule is CCCC1CCC(CN)(Nc2cc(C)c(Br)c(C)c2)CC1. The van der Waals surface area contributed by atoms with Gasteiger partial charge in [-0.15, -0.1) is 0 Å². The summed E-state index contributed by atoms with van der Waals surface area (Å²) >= 11 is 3.64. The van der Waals surface area contributed by atoms with Crippen molar-refractivity contribution in [3.8, 4) is 0 Å². The minimum absolute atomic E-state index is 0.0942. The van der Waals surface area contributed by atoms with Gasteiger partial charge in [-0.05, 0) is 68.7 Å². The second-order valence-electron chi connectivity index (χ2n) is 6.77. The van der Waals surface area contributed by atoms with Crippen molar-refractivity contribution in [1.82, 2.24) is 0 Å². The van der Waals surface area contributed by atoms with E-state index in [0.717, 1.165) is 12.5 Å². The molecule has 3 N–H and O–H groups in total. The van der Waals surface area contributed by atoms with Crippen molar-refractivity contribution in [3.63, 3.8) is 0 Å². The lowest BCUT2D eigenvalue weighted by Gasteiger charge is -2.41. The van der Waals surface area contributed by atoms with Crippen LogP contribution < -0.4 is 11.1 Å². The van der Waals surface area contributed by atoms with Crippen LogP contribution in [0, 0.1) is 19.8 Å². The number of hydrogen-bond donors (Lipinski definition) is 2. The fourth-order valence-corrected chi connectivity index (χ4v) is 3.86. The summed E-state index contributed by atoms with van der Waals surface area (Å²) < 4.78 is 1.21. The highest BCUT2D eigenvalue weighted by molar-refractivity contribution is 9.10. The van der Waals surface area contributed by atoms with E-state index in [9.17, 15) is 0 Å². The molecule has 0 spiro atoms. The lowest BCUT2D eigenvalue weighted by atomic mass is 9.75. The molecule has 0 heterocycles. The first-order valence-corrected chi connectivity index (χ1v) is 9.04. The van der Waals surface area contributed by atoms with Gasteiger partial charge < -0.3 is 11.1 Å². The van der Waals surface area contributed by atoms with Crippen molar-refractivity contribution in [2.24, 2.45) is 11.7 Å². The summed E-state index contributed by atoms with van der Waals surface area (Å²) in [5.41, 5.74) is 10.0. The number of rotatable bonds is 5. The molecule has 0 amide bonds. The normalized spacial score (nSPS) is 25.9. The van der Waals surface area contributed by atoms with E-state index in [-0.39, 0.29) is 5.54 Å². The average molecular weight is 353 g/mol. The lowest BCUT2D eigenvalue weighted by molar-refractivity contribution is 0.247. The molecule has 1 saturated carbocycles. The molecule has 0 radical (unpaired) electrons. The molecule has 1 aliphatic rings. The molecule has 118 valence electrons. The summed E-state index contributed by atoms with van der Waals surface area (Å²) in [6.45, 7) is 7.31. The molecule has 2 rings (SSSR count). The van der Waals surface area contributed by atoms with Crippen LogP contribution in [0.4, 0.5) is 5.69 Å². The van der Waals surface area contributed by atoms with E-state index in [1.54, 1.807) is 0 Å². The van der Waals surface area contributed by atoms with E-state index in [1.165, 1.54) is 59.8 Å². The standard InChI is InChI=1S/C18H29BrN2/c1-4-5-15-6-8-18(12-20,9-7-15)21-16-10-13(2)17(19)14(3)11-16/h10-11,15,21H,4-9,12,20H2,1-3H3. The van der Waals surface area contributed by atoms with E-state index >= 15 is 0 Å². The number of benzene rings is 1. The van der Waals surface area contributed by atoms with Gasteiger partial charge in [0.25, 0.3) is 0 Å². The number of aryl methyl sites for hydroxylation is 2. The Morgan fingerprint density at radius 2 is 1.81 bits per heavy atom. The molecule has 1 fully saturated rings. The number of hydrogen-bond acceptors (Lipinski definition) is 2. The quantitative estimate of drug-likeness (QED) is 0.767. The van der Waals surface area contributed by atoms with Gasteiger partial charge in [0.05, 0.1) is 0 Å². The summed E-state index contributed by atoms with van der Waals surface area (Å²) in [5.74, 6) is 0.907. The number of nitrogens with two attached hydrogens (primary N) is 1. The molecule has 0 unspecified atom stereocenters. The number of anilines is 1. The third-order valence-corrected chi connectivity index (χ3v) is 6.25. The minimum atomic E-state index is 0.0942. The van der Waals surface area contributed by atoms with Crippen molar-refractivity contribution in [3.05, 3.63) is 27.7 Å². The van der Waals surface area contributed by atoms with Gasteiger partial charge in [0, 0.05) is 22.2 Å². The average Bonchev–Trinajstić information content (AvgIpc) is 2.47. The first-order valence-electron chi connectivity index (χ1n) is 8.24. The largest absolute Gasteiger partial charge is 0.378 e. The molecule has 21 heavy (non-hydrogen) atoms. The van der Waals surface area contributed by atoms with E-state index in [0.29, 0.717) is 0 Å². The molecule has 1 aromatic carbocycles. The fraction of sp³-hybridized carbons (Fsp3) is 0.667. The fourth-order valence-electron chi connectivity index (χ4n) is 3.63. The maximum Gasteiger partial charge on any atom is 0.0495 e. The van der Waals surface area contributed by atoms with Crippen LogP contribution in [0.25, 0.3) is 0 Å². The first kappa shape index (κ1) is 16.8. The van der Waals surface area contributed by atoms with E-state index < -0.39 is 0 Å². The number of halogens is 1. The minimum Gasteiger partial charge on any atom is -0.378 e. The topological polar surface area (TPSA) is 38.0 Å². The van der Waals surface area contributed by atoms with Crippen LogP contribution in [0.1, 0.15) is 56.6 Å². The Balaban J connectivity index is 2.09. The van der Waals surface area contributed by atoms with Crippen LogP contribution in [-0.2, 0) is 0 Å². The van der Waals surface area contributed by atoms with Crippen molar-refractivity contribution >= 4 is 21.6 Å². The predicted molar refractivity (Wildman–Crippen MR) is 95.9 cm³/mol. The maximum atomic E-state index is 6.14. The molecule has 1 aliphatic carbocycles. The molecule has 1 aromatic rings. The molecular weight excluding hydrogens is 324 g/mol. The van der Waals surface area contributed by atoms with Gasteiger partial charge in [0.2, 0.25) is 0 Å². The third kappa shape index (κ3) is 4.01. The van der Waals surface area contributed by atoms with Gasteiger partial charge in [-0.2, -0.15) is 0 Å². The zero-order valence-electron chi connectivity index (χ0n) is 13.6. The van der Waals surface area contributed by atoms with Crippen molar-refractivity contribution in [2.75, 3.05) is 11.9 Å². The highest BCUT2D eigenvalue weighted by Gasteiger charge is 2.33. The van der Waals surface area contributed by atoms with Gasteiger partial charge in [-0.1, -0.05) is 35.7 Å². The Hall–Kier alpha value is -0.540. The summed E-state index contributed by atoms with van der Waals surface area (Å²) in [6.07, 6.45) is 7.69. The molecule has 0 atom stereocenters.